The summed E-state index contributed by atoms with van der Waals surface area (Å²) in [5.41, 5.74) is -1.06. The Balaban J connectivity index is 2.61. The molecule has 3 N–H and O–H groups in total. The number of nitrogens with one attached hydrogen (secondary N) is 2. The highest BCUT2D eigenvalue weighted by Gasteiger charge is 2.26. The van der Waals surface area contributed by atoms with E-state index in [2.05, 4.69) is 15.6 Å². The molecule has 0 spiro atoms. The monoisotopic (exact) mass is 239 g/mol. The average Bonchev–Trinajstić information content (AvgIpc) is 2.72. The smallest absolute Gasteiger partial charge is 0.191 e. The lowest BCUT2D eigenvalue weighted by atomic mass is 10.0. The van der Waals surface area contributed by atoms with Crippen molar-refractivity contribution in [3.05, 3.63) is 23.7 Å². The minimum Gasteiger partial charge on any atom is -0.463 e. The Morgan fingerprint density at radius 2 is 2.18 bits per heavy atom. The van der Waals surface area contributed by atoms with Gasteiger partial charge in [-0.1, -0.05) is 0 Å². The molecule has 1 aromatic heterocycles. The molecule has 5 heteroatoms. The number of aryl methyl sites for hydroxylation is 1. The summed E-state index contributed by atoms with van der Waals surface area (Å²) in [4.78, 5) is 4.03. The lowest BCUT2D eigenvalue weighted by molar-refractivity contribution is 0.0378. The summed E-state index contributed by atoms with van der Waals surface area (Å²) in [6, 6.07) is 3.62. The third kappa shape index (κ3) is 3.78. The molecule has 0 aliphatic rings. The van der Waals surface area contributed by atoms with Crippen LogP contribution in [0.25, 0.3) is 0 Å². The third-order valence-corrected chi connectivity index (χ3v) is 2.44. The summed E-state index contributed by atoms with van der Waals surface area (Å²) in [7, 11) is 1.69. The second-order valence-electron chi connectivity index (χ2n) is 4.14. The molecule has 0 radical (unpaired) electrons. The maximum absolute atomic E-state index is 10.3. The molecule has 17 heavy (non-hydrogen) atoms. The summed E-state index contributed by atoms with van der Waals surface area (Å²) in [5, 5.41) is 16.4. The number of hydrogen-bond acceptors (Lipinski definition) is 3. The van der Waals surface area contributed by atoms with Crippen molar-refractivity contribution in [1.29, 1.82) is 0 Å². The average molecular weight is 239 g/mol. The highest BCUT2D eigenvalue weighted by molar-refractivity contribution is 5.79. The van der Waals surface area contributed by atoms with Gasteiger partial charge in [-0.25, -0.2) is 0 Å². The van der Waals surface area contributed by atoms with Crippen molar-refractivity contribution in [3.63, 3.8) is 0 Å². The molecule has 0 saturated heterocycles. The van der Waals surface area contributed by atoms with E-state index < -0.39 is 5.60 Å². The fraction of sp³-hybridized carbons (Fsp3) is 0.583. The van der Waals surface area contributed by atoms with Crippen LogP contribution in [0.15, 0.2) is 21.5 Å². The van der Waals surface area contributed by atoms with Gasteiger partial charge in [-0.05, 0) is 32.9 Å². The lowest BCUT2D eigenvalue weighted by Crippen LogP contribution is -2.44. The summed E-state index contributed by atoms with van der Waals surface area (Å²) in [5.74, 6) is 2.00. The summed E-state index contributed by atoms with van der Waals surface area (Å²) >= 11 is 0. The first kappa shape index (κ1) is 13.6. The highest BCUT2D eigenvalue weighted by Crippen LogP contribution is 2.21. The van der Waals surface area contributed by atoms with Gasteiger partial charge in [0.05, 0.1) is 6.54 Å². The molecule has 0 saturated carbocycles. The Kier molecular flexibility index (Phi) is 4.57. The van der Waals surface area contributed by atoms with E-state index >= 15 is 0 Å². The zero-order valence-corrected chi connectivity index (χ0v) is 10.9. The van der Waals surface area contributed by atoms with Crippen LogP contribution in [0.3, 0.4) is 0 Å². The van der Waals surface area contributed by atoms with Crippen LogP contribution in [-0.2, 0) is 5.60 Å². The molecule has 1 aromatic rings. The van der Waals surface area contributed by atoms with Crippen molar-refractivity contribution < 1.29 is 9.52 Å². The van der Waals surface area contributed by atoms with Gasteiger partial charge < -0.3 is 20.2 Å². The maximum atomic E-state index is 10.3. The summed E-state index contributed by atoms with van der Waals surface area (Å²) < 4.78 is 5.42. The van der Waals surface area contributed by atoms with E-state index in [1.165, 1.54) is 0 Å². The predicted molar refractivity (Wildman–Crippen MR) is 68.1 cm³/mol. The first-order valence-electron chi connectivity index (χ1n) is 5.73. The summed E-state index contributed by atoms with van der Waals surface area (Å²) in [6.45, 7) is 6.66. The number of aliphatic imine (C=N–C) groups is 1. The van der Waals surface area contributed by atoms with Gasteiger partial charge in [0.15, 0.2) is 5.96 Å². The molecule has 96 valence electrons. The number of furan rings is 1. The van der Waals surface area contributed by atoms with Crippen molar-refractivity contribution >= 4 is 5.96 Å². The molecule has 0 aliphatic heterocycles. The molecule has 1 atom stereocenters. The third-order valence-electron chi connectivity index (χ3n) is 2.44. The standard InChI is InChI=1S/C12H21N3O2/c1-5-14-11(13-4)15-8-12(3,16)10-7-6-9(2)17-10/h6-7,16H,5,8H2,1-4H3,(H2,13,14,15). The quantitative estimate of drug-likeness (QED) is 0.541. The minimum absolute atomic E-state index is 0.333. The normalized spacial score (nSPS) is 15.5. The van der Waals surface area contributed by atoms with E-state index in [-0.39, 0.29) is 0 Å². The minimum atomic E-state index is -1.06. The Morgan fingerprint density at radius 3 is 2.65 bits per heavy atom. The van der Waals surface area contributed by atoms with Gasteiger partial charge in [-0.3, -0.25) is 4.99 Å². The molecule has 0 aliphatic carbocycles. The van der Waals surface area contributed by atoms with Crippen molar-refractivity contribution in [2.75, 3.05) is 20.1 Å². The van der Waals surface area contributed by atoms with Crippen LogP contribution >= 0.6 is 0 Å². The van der Waals surface area contributed by atoms with E-state index in [1.807, 2.05) is 19.9 Å². The predicted octanol–water partition coefficient (Wildman–Crippen LogP) is 0.980. The Labute approximate surface area is 102 Å². The van der Waals surface area contributed by atoms with Gasteiger partial charge in [0, 0.05) is 13.6 Å². The van der Waals surface area contributed by atoms with Gasteiger partial charge in [0.25, 0.3) is 0 Å². The first-order valence-corrected chi connectivity index (χ1v) is 5.73. The number of hydrogen-bond donors (Lipinski definition) is 3. The molecule has 0 aromatic carbocycles. The van der Waals surface area contributed by atoms with E-state index in [0.717, 1.165) is 12.3 Å². The Bertz CT molecular complexity index is 383. The lowest BCUT2D eigenvalue weighted by Gasteiger charge is -2.22. The van der Waals surface area contributed by atoms with Crippen molar-refractivity contribution in [1.82, 2.24) is 10.6 Å². The molecular formula is C12H21N3O2. The van der Waals surface area contributed by atoms with Crippen LogP contribution in [0.4, 0.5) is 0 Å². The fourth-order valence-electron chi connectivity index (χ4n) is 1.45. The second kappa shape index (κ2) is 5.72. The van der Waals surface area contributed by atoms with E-state index in [4.69, 9.17) is 4.42 Å². The van der Waals surface area contributed by atoms with Gasteiger partial charge in [-0.2, -0.15) is 0 Å². The van der Waals surface area contributed by atoms with Crippen LogP contribution in [0.2, 0.25) is 0 Å². The molecule has 0 amide bonds. The van der Waals surface area contributed by atoms with Crippen LogP contribution < -0.4 is 10.6 Å². The topological polar surface area (TPSA) is 69.8 Å². The largest absolute Gasteiger partial charge is 0.463 e. The maximum Gasteiger partial charge on any atom is 0.191 e. The number of rotatable bonds is 4. The molecular weight excluding hydrogens is 218 g/mol. The number of nitrogens with zero attached hydrogens (tertiary/aromatic N) is 1. The zero-order valence-electron chi connectivity index (χ0n) is 10.9. The molecule has 0 bridgehead atoms. The van der Waals surface area contributed by atoms with Crippen LogP contribution in [-0.4, -0.2) is 31.2 Å². The first-order chi connectivity index (χ1) is 7.99. The Hall–Kier alpha value is -1.49. The van der Waals surface area contributed by atoms with Crippen LogP contribution in [0, 0.1) is 6.92 Å². The fourth-order valence-corrected chi connectivity index (χ4v) is 1.45. The SMILES string of the molecule is CCNC(=NC)NCC(C)(O)c1ccc(C)o1. The second-order valence-corrected chi connectivity index (χ2v) is 4.14. The van der Waals surface area contributed by atoms with E-state index in [9.17, 15) is 5.11 Å². The van der Waals surface area contributed by atoms with E-state index in [0.29, 0.717) is 18.3 Å². The number of aliphatic hydroxyl groups is 1. The Morgan fingerprint density at radius 1 is 1.47 bits per heavy atom. The zero-order chi connectivity index (χ0) is 12.9. The van der Waals surface area contributed by atoms with Crippen molar-refractivity contribution in [2.45, 2.75) is 26.4 Å². The van der Waals surface area contributed by atoms with Gasteiger partial charge in [0.2, 0.25) is 0 Å². The molecule has 1 unspecified atom stereocenters. The van der Waals surface area contributed by atoms with Crippen LogP contribution in [0.5, 0.6) is 0 Å². The molecule has 1 heterocycles. The summed E-state index contributed by atoms with van der Waals surface area (Å²) in [6.07, 6.45) is 0. The van der Waals surface area contributed by atoms with E-state index in [1.54, 1.807) is 20.0 Å². The van der Waals surface area contributed by atoms with Crippen LogP contribution in [0.1, 0.15) is 25.4 Å². The van der Waals surface area contributed by atoms with Gasteiger partial charge in [0.1, 0.15) is 17.1 Å². The highest BCUT2D eigenvalue weighted by atomic mass is 16.4. The van der Waals surface area contributed by atoms with Crippen molar-refractivity contribution in [3.8, 4) is 0 Å². The van der Waals surface area contributed by atoms with Crippen molar-refractivity contribution in [2.24, 2.45) is 4.99 Å². The molecule has 1 rings (SSSR count). The van der Waals surface area contributed by atoms with Gasteiger partial charge >= 0.3 is 0 Å². The molecule has 0 fully saturated rings. The number of guanidine groups is 1. The molecule has 5 nitrogen and oxygen atoms in total. The van der Waals surface area contributed by atoms with Gasteiger partial charge in [-0.15, -0.1) is 0 Å².